The number of nitrogens with zero attached hydrogens (tertiary/aromatic N) is 2. The van der Waals surface area contributed by atoms with Gasteiger partial charge in [0.05, 0.1) is 36.4 Å². The van der Waals surface area contributed by atoms with Gasteiger partial charge in [-0.25, -0.2) is 0 Å². The van der Waals surface area contributed by atoms with Crippen LogP contribution in [0.2, 0.25) is 0 Å². The fourth-order valence-corrected chi connectivity index (χ4v) is 7.20. The number of carbonyl (C=O) groups is 1. The monoisotopic (exact) mass is 630 g/mol. The smallest absolute Gasteiger partial charge is 0.311 e. The number of esters is 1. The number of hydrogen-bond acceptors (Lipinski definition) is 11. The lowest BCUT2D eigenvalue weighted by Gasteiger charge is -2.47. The molecule has 258 valence electrons. The number of hydrogen-bond donors (Lipinski definition) is 4. The molecule has 2 saturated heterocycles. The van der Waals surface area contributed by atoms with Crippen LogP contribution in [0.1, 0.15) is 74.7 Å². The summed E-state index contributed by atoms with van der Waals surface area (Å²) < 4.78 is 24.8. The van der Waals surface area contributed by atoms with Gasteiger partial charge in [-0.1, -0.05) is 26.8 Å². The van der Waals surface area contributed by atoms with Gasteiger partial charge in [0.25, 0.3) is 0 Å². The van der Waals surface area contributed by atoms with E-state index in [4.69, 9.17) is 18.9 Å². The SMILES string of the molecule is C=CCO[C@H]1[C@H](C)[C@@H](O[C@@H]2O[C@H](C)C[C@H](N(C)C)[C@H]2O)[C@](C)(O)C[C@@H](C)CN(C)[C@H](C)[C@@H](O)[C@](C)(O)[C@@H](CC)OC(=O)[C@@H]1C. The first kappa shape index (κ1) is 39.0. The van der Waals surface area contributed by atoms with Crippen LogP contribution in [0.4, 0.5) is 0 Å². The summed E-state index contributed by atoms with van der Waals surface area (Å²) >= 11 is 0. The molecule has 0 saturated carbocycles. The van der Waals surface area contributed by atoms with Gasteiger partial charge in [0.1, 0.15) is 23.9 Å². The van der Waals surface area contributed by atoms with Crippen molar-refractivity contribution in [2.75, 3.05) is 34.3 Å². The lowest BCUT2D eigenvalue weighted by Crippen LogP contribution is -2.59. The van der Waals surface area contributed by atoms with Gasteiger partial charge in [0.15, 0.2) is 6.29 Å². The molecule has 0 aromatic carbocycles. The Morgan fingerprint density at radius 3 is 2.30 bits per heavy atom. The second-order valence-corrected chi connectivity index (χ2v) is 14.2. The van der Waals surface area contributed by atoms with E-state index in [2.05, 4.69) is 6.58 Å². The van der Waals surface area contributed by atoms with Crippen molar-refractivity contribution >= 4 is 5.97 Å². The van der Waals surface area contributed by atoms with E-state index < -0.39 is 71.9 Å². The van der Waals surface area contributed by atoms with Gasteiger partial charge in [-0.15, -0.1) is 6.58 Å². The van der Waals surface area contributed by atoms with Gasteiger partial charge < -0.3 is 49.2 Å². The minimum Gasteiger partial charge on any atom is -0.459 e. The van der Waals surface area contributed by atoms with E-state index in [1.807, 2.05) is 58.6 Å². The van der Waals surface area contributed by atoms with Crippen LogP contribution in [0.3, 0.4) is 0 Å². The number of aliphatic hydroxyl groups excluding tert-OH is 2. The van der Waals surface area contributed by atoms with Crippen LogP contribution < -0.4 is 0 Å². The van der Waals surface area contributed by atoms with Crippen LogP contribution >= 0.6 is 0 Å². The Morgan fingerprint density at radius 1 is 1.14 bits per heavy atom. The molecule has 2 heterocycles. The summed E-state index contributed by atoms with van der Waals surface area (Å²) in [7, 11) is 5.65. The molecule has 0 aromatic heterocycles. The van der Waals surface area contributed by atoms with Gasteiger partial charge in [-0.2, -0.15) is 0 Å². The molecule has 0 spiro atoms. The van der Waals surface area contributed by atoms with Gasteiger partial charge in [0, 0.05) is 24.5 Å². The second-order valence-electron chi connectivity index (χ2n) is 14.2. The number of aliphatic hydroxyl groups is 4. The molecule has 2 aliphatic heterocycles. The first-order valence-electron chi connectivity index (χ1n) is 16.2. The number of ether oxygens (including phenoxy) is 4. The quantitative estimate of drug-likeness (QED) is 0.243. The maximum atomic E-state index is 13.7. The number of likely N-dealkylation sites (N-methyl/N-ethyl adjacent to an activating group) is 2. The topological polar surface area (TPSA) is 141 Å². The molecule has 44 heavy (non-hydrogen) atoms. The van der Waals surface area contributed by atoms with E-state index in [-0.39, 0.29) is 31.1 Å². The summed E-state index contributed by atoms with van der Waals surface area (Å²) in [6, 6.07) is -0.704. The van der Waals surface area contributed by atoms with Gasteiger partial charge >= 0.3 is 5.97 Å². The van der Waals surface area contributed by atoms with E-state index in [0.717, 1.165) is 0 Å². The van der Waals surface area contributed by atoms with E-state index >= 15 is 0 Å². The minimum atomic E-state index is -1.73. The number of cyclic esters (lactones) is 1. The summed E-state index contributed by atoms with van der Waals surface area (Å²) in [5.74, 6) is -2.11. The van der Waals surface area contributed by atoms with Crippen molar-refractivity contribution in [1.29, 1.82) is 0 Å². The zero-order chi connectivity index (χ0) is 33.7. The Bertz CT molecular complexity index is 916. The van der Waals surface area contributed by atoms with E-state index in [1.54, 1.807) is 26.8 Å². The molecule has 0 unspecified atom stereocenters. The molecular formula is C33H62N2O9. The summed E-state index contributed by atoms with van der Waals surface area (Å²) in [4.78, 5) is 17.6. The third-order valence-corrected chi connectivity index (χ3v) is 9.83. The molecule has 0 aromatic rings. The minimum absolute atomic E-state index is 0.0755. The first-order chi connectivity index (χ1) is 20.3. The summed E-state index contributed by atoms with van der Waals surface area (Å²) in [5.41, 5.74) is -3.18. The van der Waals surface area contributed by atoms with Crippen molar-refractivity contribution in [3.8, 4) is 0 Å². The summed E-state index contributed by atoms with van der Waals surface area (Å²) in [6.07, 6.45) is -3.34. The van der Waals surface area contributed by atoms with Crippen molar-refractivity contribution in [2.24, 2.45) is 17.8 Å². The molecule has 11 heteroatoms. The van der Waals surface area contributed by atoms with Crippen LogP contribution in [0.25, 0.3) is 0 Å². The van der Waals surface area contributed by atoms with Gasteiger partial charge in [0.2, 0.25) is 0 Å². The van der Waals surface area contributed by atoms with Crippen LogP contribution in [0.5, 0.6) is 0 Å². The fraction of sp³-hybridized carbons (Fsp3) is 0.909. The van der Waals surface area contributed by atoms with Crippen LogP contribution in [-0.2, 0) is 23.7 Å². The van der Waals surface area contributed by atoms with Crippen LogP contribution in [0.15, 0.2) is 12.7 Å². The summed E-state index contributed by atoms with van der Waals surface area (Å²) in [6.45, 7) is 18.7. The third kappa shape index (κ3) is 9.23. The highest BCUT2D eigenvalue weighted by molar-refractivity contribution is 5.73. The zero-order valence-corrected chi connectivity index (χ0v) is 29.0. The normalized spacial score (nSPS) is 45.8. The zero-order valence-electron chi connectivity index (χ0n) is 29.0. The molecule has 2 rings (SSSR count). The first-order valence-corrected chi connectivity index (χ1v) is 16.2. The third-order valence-electron chi connectivity index (χ3n) is 9.83. The maximum Gasteiger partial charge on any atom is 0.311 e. The van der Waals surface area contributed by atoms with Gasteiger partial charge in [-0.05, 0) is 80.9 Å². The van der Waals surface area contributed by atoms with E-state index in [9.17, 15) is 25.2 Å². The molecule has 14 atom stereocenters. The molecule has 2 fully saturated rings. The number of carbonyl (C=O) groups excluding carboxylic acids is 1. The Morgan fingerprint density at radius 2 is 1.75 bits per heavy atom. The molecule has 4 N–H and O–H groups in total. The molecule has 11 nitrogen and oxygen atoms in total. The summed E-state index contributed by atoms with van der Waals surface area (Å²) in [5, 5.41) is 46.3. The molecule has 0 amide bonds. The Labute approximate surface area is 265 Å². The molecular weight excluding hydrogens is 568 g/mol. The average molecular weight is 631 g/mol. The highest BCUT2D eigenvalue weighted by Gasteiger charge is 2.50. The van der Waals surface area contributed by atoms with Crippen LogP contribution in [0, 0.1) is 17.8 Å². The largest absolute Gasteiger partial charge is 0.459 e. The van der Waals surface area contributed by atoms with Crippen molar-refractivity contribution in [1.82, 2.24) is 9.80 Å². The van der Waals surface area contributed by atoms with Crippen molar-refractivity contribution in [2.45, 2.75) is 141 Å². The van der Waals surface area contributed by atoms with Crippen molar-refractivity contribution < 1.29 is 44.2 Å². The predicted octanol–water partition coefficient (Wildman–Crippen LogP) is 2.19. The molecule has 0 aliphatic carbocycles. The number of rotatable bonds is 7. The Balaban J connectivity index is 2.63. The lowest BCUT2D eigenvalue weighted by molar-refractivity contribution is -0.300. The second kappa shape index (κ2) is 16.1. The Hall–Kier alpha value is -1.15. The predicted molar refractivity (Wildman–Crippen MR) is 169 cm³/mol. The lowest BCUT2D eigenvalue weighted by atomic mass is 9.77. The molecule has 0 radical (unpaired) electrons. The molecule has 2 aliphatic rings. The van der Waals surface area contributed by atoms with Crippen molar-refractivity contribution in [3.63, 3.8) is 0 Å². The average Bonchev–Trinajstić information content (AvgIpc) is 2.93. The standard InChI is InChI=1S/C33H62N2O9/c1-13-15-41-27-21(5)29(44-31-26(36)24(34(10)11)16-20(4)42-31)32(8,39)17-19(3)18-35(12)23(7)28(37)33(9,40)25(14-2)43-30(38)22(27)6/h13,19-29,31,36-37,39-40H,1,14-18H2,2-12H3/t19-,20-,21+,22-,23-,24+,25-,26-,27+,28-,29-,31+,32-,33-/m1/s1. The van der Waals surface area contributed by atoms with Crippen molar-refractivity contribution in [3.05, 3.63) is 12.7 Å². The highest BCUT2D eigenvalue weighted by Crippen LogP contribution is 2.37. The fourth-order valence-electron chi connectivity index (χ4n) is 7.20. The molecule has 0 bridgehead atoms. The highest BCUT2D eigenvalue weighted by atomic mass is 16.7. The van der Waals surface area contributed by atoms with E-state index in [0.29, 0.717) is 19.4 Å². The maximum absolute atomic E-state index is 13.7. The Kier molecular flexibility index (Phi) is 14.3. The van der Waals surface area contributed by atoms with E-state index in [1.165, 1.54) is 6.92 Å². The van der Waals surface area contributed by atoms with Gasteiger partial charge in [-0.3, -0.25) is 4.79 Å². The van der Waals surface area contributed by atoms with Crippen LogP contribution in [-0.4, -0.2) is 137 Å².